The van der Waals surface area contributed by atoms with E-state index in [1.807, 2.05) is 23.1 Å². The zero-order chi connectivity index (χ0) is 19.2. The highest BCUT2D eigenvalue weighted by atomic mass is 16.2. The standard InChI is InChI=1S/C23H28N4O/c28-23(27-13-4-5-14-27)21-10-11-22(24-19-21)26-17-15-25(16-18-26)12-6-9-20-7-2-1-3-8-20/h1-3,6-11,19H,4-5,12-18H2/b9-6+. The van der Waals surface area contributed by atoms with Crippen LogP contribution in [0.15, 0.2) is 54.7 Å². The number of piperazine rings is 1. The third-order valence-corrected chi connectivity index (χ3v) is 5.56. The van der Waals surface area contributed by atoms with E-state index in [9.17, 15) is 4.79 Å². The van der Waals surface area contributed by atoms with Crippen LogP contribution in [0.5, 0.6) is 0 Å². The fourth-order valence-electron chi connectivity index (χ4n) is 3.86. The molecule has 3 heterocycles. The van der Waals surface area contributed by atoms with Crippen molar-refractivity contribution < 1.29 is 4.79 Å². The maximum atomic E-state index is 12.4. The number of amides is 1. The largest absolute Gasteiger partial charge is 0.354 e. The molecule has 0 atom stereocenters. The number of rotatable bonds is 5. The van der Waals surface area contributed by atoms with Crippen LogP contribution in [0.2, 0.25) is 0 Å². The monoisotopic (exact) mass is 376 g/mol. The van der Waals surface area contributed by atoms with Crippen LogP contribution < -0.4 is 4.90 Å². The van der Waals surface area contributed by atoms with Gasteiger partial charge in [0.1, 0.15) is 5.82 Å². The molecule has 0 aliphatic carbocycles. The Kier molecular flexibility index (Phi) is 6.02. The first kappa shape index (κ1) is 18.7. The Balaban J connectivity index is 1.26. The highest BCUT2D eigenvalue weighted by Crippen LogP contribution is 2.17. The third kappa shape index (κ3) is 4.60. The second kappa shape index (κ2) is 9.02. The Morgan fingerprint density at radius 3 is 2.36 bits per heavy atom. The molecule has 1 aromatic carbocycles. The quantitative estimate of drug-likeness (QED) is 0.804. The highest BCUT2D eigenvalue weighted by molar-refractivity contribution is 5.94. The Morgan fingerprint density at radius 1 is 0.929 bits per heavy atom. The normalized spacial score (nSPS) is 18.1. The minimum absolute atomic E-state index is 0.117. The van der Waals surface area contributed by atoms with Gasteiger partial charge >= 0.3 is 0 Å². The molecule has 146 valence electrons. The fraction of sp³-hybridized carbons (Fsp3) is 0.391. The van der Waals surface area contributed by atoms with Gasteiger partial charge in [0.05, 0.1) is 5.56 Å². The predicted octanol–water partition coefficient (Wildman–Crippen LogP) is 3.15. The average molecular weight is 377 g/mol. The van der Waals surface area contributed by atoms with Crippen molar-refractivity contribution in [2.24, 2.45) is 0 Å². The molecule has 2 aliphatic heterocycles. The van der Waals surface area contributed by atoms with Crippen LogP contribution in [0.3, 0.4) is 0 Å². The van der Waals surface area contributed by atoms with E-state index in [-0.39, 0.29) is 5.91 Å². The molecule has 1 amide bonds. The van der Waals surface area contributed by atoms with Crippen molar-refractivity contribution >= 4 is 17.8 Å². The van der Waals surface area contributed by atoms with Gasteiger partial charge in [0.2, 0.25) is 0 Å². The number of nitrogens with zero attached hydrogens (tertiary/aromatic N) is 4. The molecule has 5 heteroatoms. The van der Waals surface area contributed by atoms with Crippen molar-refractivity contribution in [1.29, 1.82) is 0 Å². The number of carbonyl (C=O) groups is 1. The van der Waals surface area contributed by atoms with E-state index < -0.39 is 0 Å². The van der Waals surface area contributed by atoms with Crippen molar-refractivity contribution in [3.63, 3.8) is 0 Å². The lowest BCUT2D eigenvalue weighted by Gasteiger charge is -2.34. The Morgan fingerprint density at radius 2 is 1.68 bits per heavy atom. The summed E-state index contributed by atoms with van der Waals surface area (Å²) in [5, 5.41) is 0. The van der Waals surface area contributed by atoms with Gasteiger partial charge in [0.15, 0.2) is 0 Å². The summed E-state index contributed by atoms with van der Waals surface area (Å²) in [5.74, 6) is 1.09. The lowest BCUT2D eigenvalue weighted by molar-refractivity contribution is 0.0792. The molecule has 0 saturated carbocycles. The van der Waals surface area contributed by atoms with Gasteiger partial charge in [0.25, 0.3) is 5.91 Å². The molecule has 1 aromatic heterocycles. The first-order valence-corrected chi connectivity index (χ1v) is 10.2. The van der Waals surface area contributed by atoms with E-state index in [0.717, 1.165) is 64.5 Å². The van der Waals surface area contributed by atoms with Crippen LogP contribution in [-0.4, -0.2) is 66.5 Å². The van der Waals surface area contributed by atoms with Crippen LogP contribution in [-0.2, 0) is 0 Å². The highest BCUT2D eigenvalue weighted by Gasteiger charge is 2.21. The first-order valence-electron chi connectivity index (χ1n) is 10.2. The summed E-state index contributed by atoms with van der Waals surface area (Å²) in [6.45, 7) is 6.70. The van der Waals surface area contributed by atoms with E-state index in [2.05, 4.69) is 51.2 Å². The summed E-state index contributed by atoms with van der Waals surface area (Å²) >= 11 is 0. The van der Waals surface area contributed by atoms with E-state index in [4.69, 9.17) is 0 Å². The zero-order valence-electron chi connectivity index (χ0n) is 16.3. The summed E-state index contributed by atoms with van der Waals surface area (Å²) in [7, 11) is 0. The van der Waals surface area contributed by atoms with E-state index in [1.54, 1.807) is 6.20 Å². The van der Waals surface area contributed by atoms with Gasteiger partial charge in [-0.2, -0.15) is 0 Å². The molecule has 2 aromatic rings. The van der Waals surface area contributed by atoms with Crippen molar-refractivity contribution in [3.05, 3.63) is 65.9 Å². The lowest BCUT2D eigenvalue weighted by atomic mass is 10.2. The van der Waals surface area contributed by atoms with Crippen LogP contribution in [0.1, 0.15) is 28.8 Å². The fourth-order valence-corrected chi connectivity index (χ4v) is 3.86. The third-order valence-electron chi connectivity index (χ3n) is 5.56. The van der Waals surface area contributed by atoms with Gasteiger partial charge in [-0.1, -0.05) is 42.5 Å². The molecule has 0 bridgehead atoms. The van der Waals surface area contributed by atoms with E-state index >= 15 is 0 Å². The number of pyridine rings is 1. The van der Waals surface area contributed by atoms with Crippen LogP contribution >= 0.6 is 0 Å². The molecule has 0 spiro atoms. The SMILES string of the molecule is O=C(c1ccc(N2CCN(C/C=C/c3ccccc3)CC2)nc1)N1CCCC1. The smallest absolute Gasteiger partial charge is 0.255 e. The molecule has 0 radical (unpaired) electrons. The lowest BCUT2D eigenvalue weighted by Crippen LogP contribution is -2.46. The molecule has 4 rings (SSSR count). The maximum Gasteiger partial charge on any atom is 0.255 e. The predicted molar refractivity (Wildman–Crippen MR) is 114 cm³/mol. The minimum Gasteiger partial charge on any atom is -0.354 e. The molecule has 0 N–H and O–H groups in total. The topological polar surface area (TPSA) is 39.7 Å². The van der Waals surface area contributed by atoms with Crippen molar-refractivity contribution in [2.75, 3.05) is 50.7 Å². The maximum absolute atomic E-state index is 12.4. The minimum atomic E-state index is 0.117. The molecular weight excluding hydrogens is 348 g/mol. The summed E-state index contributed by atoms with van der Waals surface area (Å²) in [4.78, 5) is 23.7. The van der Waals surface area contributed by atoms with Crippen LogP contribution in [0.25, 0.3) is 6.08 Å². The number of carbonyl (C=O) groups excluding carboxylic acids is 1. The molecule has 2 aliphatic rings. The van der Waals surface area contributed by atoms with E-state index in [0.29, 0.717) is 5.56 Å². The summed E-state index contributed by atoms with van der Waals surface area (Å²) in [6.07, 6.45) is 8.39. The second-order valence-electron chi connectivity index (χ2n) is 7.51. The summed E-state index contributed by atoms with van der Waals surface area (Å²) in [5.41, 5.74) is 1.95. The summed E-state index contributed by atoms with van der Waals surface area (Å²) in [6, 6.07) is 14.3. The van der Waals surface area contributed by atoms with Crippen molar-refractivity contribution in [3.8, 4) is 0 Å². The molecule has 5 nitrogen and oxygen atoms in total. The van der Waals surface area contributed by atoms with Crippen molar-refractivity contribution in [2.45, 2.75) is 12.8 Å². The number of likely N-dealkylation sites (tertiary alicyclic amines) is 1. The van der Waals surface area contributed by atoms with Gasteiger partial charge in [-0.15, -0.1) is 0 Å². The van der Waals surface area contributed by atoms with Gasteiger partial charge < -0.3 is 9.80 Å². The van der Waals surface area contributed by atoms with Crippen LogP contribution in [0, 0.1) is 0 Å². The van der Waals surface area contributed by atoms with Gasteiger partial charge in [-0.05, 0) is 30.5 Å². The van der Waals surface area contributed by atoms with Crippen molar-refractivity contribution in [1.82, 2.24) is 14.8 Å². The van der Waals surface area contributed by atoms with Gasteiger partial charge in [-0.3, -0.25) is 9.69 Å². The summed E-state index contributed by atoms with van der Waals surface area (Å²) < 4.78 is 0. The molecule has 28 heavy (non-hydrogen) atoms. The van der Waals surface area contributed by atoms with Crippen LogP contribution in [0.4, 0.5) is 5.82 Å². The number of anilines is 1. The Labute approximate surface area is 167 Å². The Hall–Kier alpha value is -2.66. The number of hydrogen-bond acceptors (Lipinski definition) is 4. The molecule has 2 fully saturated rings. The zero-order valence-corrected chi connectivity index (χ0v) is 16.3. The second-order valence-corrected chi connectivity index (χ2v) is 7.51. The first-order chi connectivity index (χ1) is 13.8. The number of benzene rings is 1. The number of aromatic nitrogens is 1. The molecule has 2 saturated heterocycles. The van der Waals surface area contributed by atoms with Gasteiger partial charge in [-0.25, -0.2) is 4.98 Å². The molecule has 0 unspecified atom stereocenters. The average Bonchev–Trinajstić information content (AvgIpc) is 3.30. The Bertz CT molecular complexity index is 789. The van der Waals surface area contributed by atoms with Gasteiger partial charge in [0, 0.05) is 52.0 Å². The molecular formula is C23H28N4O. The van der Waals surface area contributed by atoms with E-state index in [1.165, 1.54) is 5.56 Å². The number of hydrogen-bond donors (Lipinski definition) is 0.